The summed E-state index contributed by atoms with van der Waals surface area (Å²) in [5.74, 6) is 0. The summed E-state index contributed by atoms with van der Waals surface area (Å²) in [5, 5.41) is 2.43. The number of nitrogens with zero attached hydrogens (tertiary/aromatic N) is 1. The van der Waals surface area contributed by atoms with Crippen LogP contribution in [0.4, 0.5) is 5.69 Å². The maximum atomic E-state index is 10.3. The summed E-state index contributed by atoms with van der Waals surface area (Å²) < 4.78 is 0. The van der Waals surface area contributed by atoms with E-state index in [4.69, 9.17) is 0 Å². The number of aliphatic imine (C=N–C) groups is 1. The maximum Gasteiger partial charge on any atom is 0.240 e. The lowest BCUT2D eigenvalue weighted by atomic mass is 10.0. The Labute approximate surface area is 126 Å². The van der Waals surface area contributed by atoms with Gasteiger partial charge in [-0.3, -0.25) is 0 Å². The molecule has 3 heteroatoms. The molecule has 0 fully saturated rings. The summed E-state index contributed by atoms with van der Waals surface area (Å²) in [7, 11) is 0. The fourth-order valence-electron chi connectivity index (χ4n) is 2.88. The van der Waals surface area contributed by atoms with Crippen molar-refractivity contribution in [1.82, 2.24) is 4.98 Å². The lowest BCUT2D eigenvalue weighted by Gasteiger charge is -2.04. The Kier molecular flexibility index (Phi) is 2.85. The van der Waals surface area contributed by atoms with Gasteiger partial charge >= 0.3 is 0 Å². The molecular weight excluding hydrogens is 272 g/mol. The highest BCUT2D eigenvalue weighted by Gasteiger charge is 2.08. The van der Waals surface area contributed by atoms with Crippen molar-refractivity contribution in [3.05, 3.63) is 66.7 Å². The van der Waals surface area contributed by atoms with Gasteiger partial charge in [-0.05, 0) is 23.8 Å². The van der Waals surface area contributed by atoms with Gasteiger partial charge in [0.25, 0.3) is 0 Å². The van der Waals surface area contributed by atoms with E-state index in [1.807, 2.05) is 30.3 Å². The van der Waals surface area contributed by atoms with Crippen LogP contribution < -0.4 is 0 Å². The van der Waals surface area contributed by atoms with Crippen molar-refractivity contribution in [3.63, 3.8) is 0 Å². The van der Waals surface area contributed by atoms with Crippen LogP contribution in [-0.4, -0.2) is 11.1 Å². The molecular formula is C19H12N2O. The van der Waals surface area contributed by atoms with Crippen LogP contribution in [0.3, 0.4) is 0 Å². The second-order valence-electron chi connectivity index (χ2n) is 5.15. The molecule has 3 nitrogen and oxygen atoms in total. The van der Waals surface area contributed by atoms with Crippen LogP contribution in [0.1, 0.15) is 0 Å². The Bertz CT molecular complexity index is 1020. The molecule has 0 unspecified atom stereocenters. The first-order valence-corrected chi connectivity index (χ1v) is 7.04. The van der Waals surface area contributed by atoms with Crippen LogP contribution in [0.25, 0.3) is 32.9 Å². The van der Waals surface area contributed by atoms with E-state index in [1.165, 1.54) is 10.8 Å². The Morgan fingerprint density at radius 2 is 1.59 bits per heavy atom. The fraction of sp³-hybridized carbons (Fsp3) is 0. The molecule has 0 atom stereocenters. The van der Waals surface area contributed by atoms with E-state index in [1.54, 1.807) is 6.08 Å². The smallest absolute Gasteiger partial charge is 0.240 e. The molecule has 1 heterocycles. The van der Waals surface area contributed by atoms with E-state index in [-0.39, 0.29) is 0 Å². The maximum absolute atomic E-state index is 10.3. The van der Waals surface area contributed by atoms with Gasteiger partial charge < -0.3 is 4.98 Å². The van der Waals surface area contributed by atoms with Crippen molar-refractivity contribution >= 4 is 33.6 Å². The normalized spacial score (nSPS) is 10.7. The highest BCUT2D eigenvalue weighted by molar-refractivity contribution is 6.11. The SMILES string of the molecule is O=C=Nc1ccc(-c2cccc3c2[nH]c2ccccc23)cc1. The summed E-state index contributed by atoms with van der Waals surface area (Å²) in [5.41, 5.74) is 5.09. The number of isocyanates is 1. The van der Waals surface area contributed by atoms with Gasteiger partial charge in [0.15, 0.2) is 0 Å². The molecule has 0 aliphatic carbocycles. The molecule has 4 rings (SSSR count). The van der Waals surface area contributed by atoms with Crippen LogP contribution in [0.15, 0.2) is 71.7 Å². The van der Waals surface area contributed by atoms with E-state index < -0.39 is 0 Å². The fourth-order valence-corrected chi connectivity index (χ4v) is 2.88. The molecule has 22 heavy (non-hydrogen) atoms. The van der Waals surface area contributed by atoms with Gasteiger partial charge in [0, 0.05) is 21.9 Å². The van der Waals surface area contributed by atoms with Gasteiger partial charge in [-0.25, -0.2) is 4.79 Å². The molecule has 1 N–H and O–H groups in total. The van der Waals surface area contributed by atoms with Crippen molar-refractivity contribution < 1.29 is 4.79 Å². The van der Waals surface area contributed by atoms with Crippen LogP contribution >= 0.6 is 0 Å². The number of benzene rings is 3. The molecule has 0 radical (unpaired) electrons. The number of hydrogen-bond donors (Lipinski definition) is 1. The molecule has 0 aliphatic heterocycles. The molecule has 0 saturated carbocycles. The molecule has 0 amide bonds. The zero-order valence-electron chi connectivity index (χ0n) is 11.7. The van der Waals surface area contributed by atoms with Gasteiger partial charge in [0.1, 0.15) is 0 Å². The number of H-pyrrole nitrogens is 1. The molecule has 0 bridgehead atoms. The molecule has 1 aromatic heterocycles. The number of fused-ring (bicyclic) bond motifs is 3. The lowest BCUT2D eigenvalue weighted by Crippen LogP contribution is -1.80. The highest BCUT2D eigenvalue weighted by Crippen LogP contribution is 2.33. The number of nitrogens with one attached hydrogen (secondary N) is 1. The van der Waals surface area contributed by atoms with Crippen molar-refractivity contribution in [3.8, 4) is 11.1 Å². The number of rotatable bonds is 2. The standard InChI is InChI=1S/C19H12N2O/c22-12-20-14-10-8-13(9-11-14)15-5-3-6-17-16-4-1-2-7-18(16)21-19(15)17/h1-11,21H. The molecule has 4 aromatic rings. The average molecular weight is 284 g/mol. The molecule has 3 aromatic carbocycles. The molecule has 0 aliphatic rings. The van der Waals surface area contributed by atoms with Crippen LogP contribution in [0, 0.1) is 0 Å². The van der Waals surface area contributed by atoms with Crippen LogP contribution in [0.2, 0.25) is 0 Å². The molecule has 104 valence electrons. The van der Waals surface area contributed by atoms with Crippen molar-refractivity contribution in [2.24, 2.45) is 4.99 Å². The van der Waals surface area contributed by atoms with Crippen molar-refractivity contribution in [1.29, 1.82) is 0 Å². The summed E-state index contributed by atoms with van der Waals surface area (Å²) in [6.07, 6.45) is 1.56. The minimum absolute atomic E-state index is 0.613. The molecule has 0 saturated heterocycles. The van der Waals surface area contributed by atoms with Crippen LogP contribution in [-0.2, 0) is 4.79 Å². The molecule has 0 spiro atoms. The Hall–Kier alpha value is -3.16. The first-order valence-electron chi connectivity index (χ1n) is 7.04. The number of carbonyl (C=O) groups excluding carboxylic acids is 1. The monoisotopic (exact) mass is 284 g/mol. The number of hydrogen-bond acceptors (Lipinski definition) is 2. The Balaban J connectivity index is 1.96. The van der Waals surface area contributed by atoms with Gasteiger partial charge in [-0.15, -0.1) is 0 Å². The largest absolute Gasteiger partial charge is 0.354 e. The quantitative estimate of drug-likeness (QED) is 0.410. The second-order valence-corrected chi connectivity index (χ2v) is 5.15. The number of aromatic nitrogens is 1. The first kappa shape index (κ1) is 12.6. The average Bonchev–Trinajstić information content (AvgIpc) is 2.95. The van der Waals surface area contributed by atoms with E-state index in [9.17, 15) is 4.79 Å². The minimum atomic E-state index is 0.613. The summed E-state index contributed by atoms with van der Waals surface area (Å²) >= 11 is 0. The number of aromatic amines is 1. The van der Waals surface area contributed by atoms with Crippen LogP contribution in [0.5, 0.6) is 0 Å². The Morgan fingerprint density at radius 3 is 2.41 bits per heavy atom. The highest BCUT2D eigenvalue weighted by atomic mass is 16.1. The van der Waals surface area contributed by atoms with Crippen molar-refractivity contribution in [2.45, 2.75) is 0 Å². The van der Waals surface area contributed by atoms with E-state index in [2.05, 4.69) is 46.4 Å². The summed E-state index contributed by atoms with van der Waals surface area (Å²) in [4.78, 5) is 17.4. The zero-order valence-corrected chi connectivity index (χ0v) is 11.7. The third-order valence-corrected chi connectivity index (χ3v) is 3.89. The lowest BCUT2D eigenvalue weighted by molar-refractivity contribution is 0.565. The van der Waals surface area contributed by atoms with E-state index in [0.717, 1.165) is 22.2 Å². The third kappa shape index (κ3) is 1.93. The summed E-state index contributed by atoms with van der Waals surface area (Å²) in [6, 6.07) is 22.2. The predicted octanol–water partition coefficient (Wildman–Crippen LogP) is 4.96. The van der Waals surface area contributed by atoms with Crippen molar-refractivity contribution in [2.75, 3.05) is 0 Å². The second kappa shape index (κ2) is 4.99. The van der Waals surface area contributed by atoms with Gasteiger partial charge in [-0.2, -0.15) is 4.99 Å². The first-order chi connectivity index (χ1) is 10.9. The summed E-state index contributed by atoms with van der Waals surface area (Å²) in [6.45, 7) is 0. The third-order valence-electron chi connectivity index (χ3n) is 3.89. The zero-order chi connectivity index (χ0) is 14.9. The number of para-hydroxylation sites is 2. The predicted molar refractivity (Wildman–Crippen MR) is 89.0 cm³/mol. The van der Waals surface area contributed by atoms with E-state index in [0.29, 0.717) is 5.69 Å². The van der Waals surface area contributed by atoms with E-state index >= 15 is 0 Å². The minimum Gasteiger partial charge on any atom is -0.354 e. The Morgan fingerprint density at radius 1 is 0.818 bits per heavy atom. The van der Waals surface area contributed by atoms with Gasteiger partial charge in [-0.1, -0.05) is 48.5 Å². The van der Waals surface area contributed by atoms with Gasteiger partial charge in [0.2, 0.25) is 6.08 Å². The topological polar surface area (TPSA) is 45.2 Å². The van der Waals surface area contributed by atoms with Gasteiger partial charge in [0.05, 0.1) is 11.2 Å².